The Kier molecular flexibility index (Phi) is 8.94. The zero-order valence-electron chi connectivity index (χ0n) is 21.1. The Morgan fingerprint density at radius 1 is 1.21 bits per heavy atom. The largest absolute Gasteiger partial charge is 0.465 e. The van der Waals surface area contributed by atoms with E-state index in [2.05, 4.69) is 15.3 Å². The van der Waals surface area contributed by atoms with Gasteiger partial charge in [0, 0.05) is 46.0 Å². The Hall–Kier alpha value is -4.55. The molecule has 11 nitrogen and oxygen atoms in total. The van der Waals surface area contributed by atoms with Crippen molar-refractivity contribution in [3.63, 3.8) is 0 Å². The van der Waals surface area contributed by atoms with Gasteiger partial charge in [-0.05, 0) is 31.1 Å². The topological polar surface area (TPSA) is 141 Å². The molecule has 0 aliphatic rings. The van der Waals surface area contributed by atoms with Crippen molar-refractivity contribution in [2.45, 2.75) is 19.4 Å². The second-order valence-electron chi connectivity index (χ2n) is 8.88. The van der Waals surface area contributed by atoms with Crippen molar-refractivity contribution in [1.29, 1.82) is 0 Å². The molecule has 2 aromatic heterocycles. The van der Waals surface area contributed by atoms with Gasteiger partial charge >= 0.3 is 6.09 Å². The molecule has 0 radical (unpaired) electrons. The fourth-order valence-electron chi connectivity index (χ4n) is 3.63. The van der Waals surface area contributed by atoms with Crippen molar-refractivity contribution in [3.05, 3.63) is 70.4 Å². The molecule has 0 spiro atoms. The summed E-state index contributed by atoms with van der Waals surface area (Å²) in [4.78, 5) is 58.4. The van der Waals surface area contributed by atoms with Gasteiger partial charge in [-0.1, -0.05) is 6.08 Å². The van der Waals surface area contributed by atoms with Gasteiger partial charge in [0.15, 0.2) is 11.6 Å². The number of fused-ring (bicyclic) bond motifs is 1. The Morgan fingerprint density at radius 2 is 1.92 bits per heavy atom. The first-order valence-electron chi connectivity index (χ1n) is 11.6. The van der Waals surface area contributed by atoms with Crippen molar-refractivity contribution in [3.8, 4) is 0 Å². The lowest BCUT2D eigenvalue weighted by Gasteiger charge is -2.21. The predicted octanol–water partition coefficient (Wildman–Crippen LogP) is 2.64. The van der Waals surface area contributed by atoms with Gasteiger partial charge in [0.1, 0.15) is 11.5 Å². The van der Waals surface area contributed by atoms with Crippen molar-refractivity contribution in [1.82, 2.24) is 24.3 Å². The lowest BCUT2D eigenvalue weighted by molar-refractivity contribution is -0.123. The lowest BCUT2D eigenvalue weighted by atomic mass is 10.0. The number of nitrogens with zero attached hydrogens (tertiary/aromatic N) is 4. The first-order valence-corrected chi connectivity index (χ1v) is 11.6. The van der Waals surface area contributed by atoms with Crippen LogP contribution in [0.4, 0.5) is 19.3 Å². The van der Waals surface area contributed by atoms with Gasteiger partial charge < -0.3 is 29.8 Å². The number of halogens is 2. The number of H-pyrrole nitrogens is 1. The Labute approximate surface area is 216 Å². The molecular formula is C25H28F2N6O5. The fraction of sp³-hybridized carbons (Fsp3) is 0.320. The fourth-order valence-corrected chi connectivity index (χ4v) is 3.63. The summed E-state index contributed by atoms with van der Waals surface area (Å²) < 4.78 is 28.3. The van der Waals surface area contributed by atoms with Gasteiger partial charge in [0.25, 0.3) is 5.56 Å². The van der Waals surface area contributed by atoms with Crippen LogP contribution in [0.25, 0.3) is 11.0 Å². The van der Waals surface area contributed by atoms with Crippen LogP contribution in [0.2, 0.25) is 0 Å². The smallest absolute Gasteiger partial charge is 0.407 e. The number of carbonyl (C=O) groups is 3. The van der Waals surface area contributed by atoms with Crippen LogP contribution in [-0.4, -0.2) is 75.0 Å². The number of aromatic nitrogens is 3. The van der Waals surface area contributed by atoms with E-state index in [4.69, 9.17) is 0 Å². The minimum atomic E-state index is -1.21. The molecule has 3 amide bonds. The van der Waals surface area contributed by atoms with Crippen LogP contribution in [-0.2, 0) is 16.1 Å². The van der Waals surface area contributed by atoms with E-state index in [1.165, 1.54) is 40.9 Å². The van der Waals surface area contributed by atoms with Crippen molar-refractivity contribution in [2.75, 3.05) is 33.0 Å². The van der Waals surface area contributed by atoms with Gasteiger partial charge in [-0.15, -0.1) is 0 Å². The highest BCUT2D eigenvalue weighted by Crippen LogP contribution is 2.17. The third kappa shape index (κ3) is 7.02. The molecule has 3 N–H and O–H groups in total. The van der Waals surface area contributed by atoms with Crippen LogP contribution in [0, 0.1) is 17.6 Å². The highest BCUT2D eigenvalue weighted by Gasteiger charge is 2.23. The molecular weight excluding hydrogens is 502 g/mol. The number of likely N-dealkylation sites (N-methyl/N-ethyl adjacent to an activating group) is 1. The lowest BCUT2D eigenvalue weighted by Crippen LogP contribution is -2.37. The summed E-state index contributed by atoms with van der Waals surface area (Å²) in [5.74, 6) is -3.38. The van der Waals surface area contributed by atoms with E-state index in [0.29, 0.717) is 6.42 Å². The van der Waals surface area contributed by atoms with Crippen LogP contribution in [0.3, 0.4) is 0 Å². The molecule has 0 unspecified atom stereocenters. The van der Waals surface area contributed by atoms with E-state index in [1.54, 1.807) is 20.2 Å². The molecule has 0 fully saturated rings. The van der Waals surface area contributed by atoms with Crippen LogP contribution in [0.15, 0.2) is 47.4 Å². The molecule has 3 aromatic rings. The molecule has 3 rings (SSSR count). The van der Waals surface area contributed by atoms with E-state index in [-0.39, 0.29) is 48.0 Å². The molecule has 0 saturated heterocycles. The summed E-state index contributed by atoms with van der Waals surface area (Å²) in [6.07, 6.45) is 3.78. The quantitative estimate of drug-likeness (QED) is 0.344. The normalized spacial score (nSPS) is 12.0. The monoisotopic (exact) mass is 530 g/mol. The number of nitrogens with one attached hydrogen (secondary N) is 2. The zero-order chi connectivity index (χ0) is 28.0. The number of aromatic amines is 1. The maximum atomic E-state index is 13.5. The molecule has 202 valence electrons. The van der Waals surface area contributed by atoms with Crippen LogP contribution < -0.4 is 10.9 Å². The number of carbonyl (C=O) groups excluding carboxylic acids is 2. The average Bonchev–Trinajstić information content (AvgIpc) is 3.23. The second kappa shape index (κ2) is 12.1. The average molecular weight is 531 g/mol. The first kappa shape index (κ1) is 28.0. The Balaban J connectivity index is 1.76. The number of rotatable bonds is 10. The summed E-state index contributed by atoms with van der Waals surface area (Å²) in [6, 6.07) is 4.87. The third-order valence-corrected chi connectivity index (χ3v) is 5.75. The SMILES string of the molecule is CN(C)C(=O)/C=C/CC[C@@H](CN(C)C(=O)O)C(=O)Nc1cccn(Cc2nc3cc(F)c(F)cc3[nH]2)c1=O. The third-order valence-electron chi connectivity index (χ3n) is 5.75. The molecule has 38 heavy (non-hydrogen) atoms. The van der Waals surface area contributed by atoms with Crippen LogP contribution in [0.1, 0.15) is 18.7 Å². The van der Waals surface area contributed by atoms with Crippen molar-refractivity contribution in [2.24, 2.45) is 5.92 Å². The maximum Gasteiger partial charge on any atom is 0.407 e. The van der Waals surface area contributed by atoms with E-state index < -0.39 is 35.1 Å². The summed E-state index contributed by atoms with van der Waals surface area (Å²) in [5, 5.41) is 11.8. The standard InChI is InChI=1S/C25H28F2N6O5/c1-31(2)22(34)9-5-4-7-15(13-32(3)25(37)38)23(35)30-18-8-6-10-33(24(18)36)14-21-28-19-11-16(26)17(27)12-20(19)29-21/h5-6,8-12,15H,4,7,13-14H2,1-3H3,(H,28,29)(H,30,35)(H,37,38)/b9-5+/t15-/m0/s1. The zero-order valence-corrected chi connectivity index (χ0v) is 21.1. The van der Waals surface area contributed by atoms with Gasteiger partial charge in [0.2, 0.25) is 11.8 Å². The minimum absolute atomic E-state index is 0.0352. The second-order valence-corrected chi connectivity index (χ2v) is 8.88. The number of imidazole rings is 1. The minimum Gasteiger partial charge on any atom is -0.465 e. The molecule has 2 heterocycles. The summed E-state index contributed by atoms with van der Waals surface area (Å²) in [5.41, 5.74) is -0.126. The van der Waals surface area contributed by atoms with Crippen molar-refractivity contribution < 1.29 is 28.3 Å². The molecule has 0 aliphatic carbocycles. The number of carboxylic acid groups (broad SMARTS) is 1. The van der Waals surface area contributed by atoms with Crippen LogP contribution >= 0.6 is 0 Å². The van der Waals surface area contributed by atoms with Gasteiger partial charge in [-0.25, -0.2) is 18.6 Å². The van der Waals surface area contributed by atoms with E-state index >= 15 is 0 Å². The summed E-state index contributed by atoms with van der Waals surface area (Å²) in [6.45, 7) is -0.180. The number of allylic oxidation sites excluding steroid dienone is 1. The molecule has 0 saturated carbocycles. The van der Waals surface area contributed by atoms with Gasteiger partial charge in [-0.2, -0.15) is 0 Å². The highest BCUT2D eigenvalue weighted by molar-refractivity contribution is 5.92. The highest BCUT2D eigenvalue weighted by atomic mass is 19.2. The van der Waals surface area contributed by atoms with Gasteiger partial charge in [0.05, 0.1) is 23.5 Å². The number of benzene rings is 1. The number of hydrogen-bond acceptors (Lipinski definition) is 5. The van der Waals surface area contributed by atoms with Crippen LogP contribution in [0.5, 0.6) is 0 Å². The summed E-state index contributed by atoms with van der Waals surface area (Å²) in [7, 11) is 4.53. The first-order chi connectivity index (χ1) is 18.0. The van der Waals surface area contributed by atoms with Gasteiger partial charge in [-0.3, -0.25) is 14.4 Å². The number of hydrogen-bond donors (Lipinski definition) is 3. The number of anilines is 1. The van der Waals surface area contributed by atoms with E-state index in [1.807, 2.05) is 0 Å². The predicted molar refractivity (Wildman–Crippen MR) is 136 cm³/mol. The van der Waals surface area contributed by atoms with E-state index in [9.17, 15) is 33.1 Å². The van der Waals surface area contributed by atoms with Crippen molar-refractivity contribution >= 4 is 34.6 Å². The molecule has 13 heteroatoms. The molecule has 1 aromatic carbocycles. The molecule has 1 atom stereocenters. The number of pyridine rings is 1. The Morgan fingerprint density at radius 3 is 2.61 bits per heavy atom. The molecule has 0 bridgehead atoms. The summed E-state index contributed by atoms with van der Waals surface area (Å²) >= 11 is 0. The number of amides is 3. The maximum absolute atomic E-state index is 13.5. The molecule has 0 aliphatic heterocycles. The Bertz CT molecular complexity index is 1390. The van der Waals surface area contributed by atoms with E-state index in [0.717, 1.165) is 17.0 Å².